The molecule has 190 valence electrons. The molecule has 10 heteroatoms. The lowest BCUT2D eigenvalue weighted by atomic mass is 10.1. The number of nitrogens with zero attached hydrogens (tertiary/aromatic N) is 2. The first-order valence-corrected chi connectivity index (χ1v) is 14.0. The summed E-state index contributed by atoms with van der Waals surface area (Å²) < 4.78 is 34.5. The predicted molar refractivity (Wildman–Crippen MR) is 144 cm³/mol. The minimum Gasteiger partial charge on any atom is -0.452 e. The number of sulfonamides is 1. The van der Waals surface area contributed by atoms with Crippen molar-refractivity contribution in [2.75, 3.05) is 16.2 Å². The van der Waals surface area contributed by atoms with Gasteiger partial charge in [0.15, 0.2) is 11.7 Å². The SMILES string of the molecule is Cc1cc(C)c2nc(NC(=O)COC(=O)c3cccc(S(=O)(=O)N4c5ccccc5CC4C)c3)sc2c1. The van der Waals surface area contributed by atoms with Gasteiger partial charge in [-0.25, -0.2) is 18.2 Å². The summed E-state index contributed by atoms with van der Waals surface area (Å²) in [7, 11) is -3.91. The van der Waals surface area contributed by atoms with Crippen LogP contribution in [0.4, 0.5) is 10.8 Å². The number of thiazole rings is 1. The number of hydrogen-bond donors (Lipinski definition) is 1. The number of carbonyl (C=O) groups excluding carboxylic acids is 2. The second-order valence-electron chi connectivity index (χ2n) is 9.08. The summed E-state index contributed by atoms with van der Waals surface area (Å²) in [5, 5.41) is 3.08. The predicted octanol–water partition coefficient (Wildman–Crippen LogP) is 4.85. The fraction of sp³-hybridized carbons (Fsp3) is 0.222. The third kappa shape index (κ3) is 4.82. The monoisotopic (exact) mass is 535 g/mol. The van der Waals surface area contributed by atoms with E-state index in [1.807, 2.05) is 45.0 Å². The quantitative estimate of drug-likeness (QED) is 0.354. The Kier molecular flexibility index (Phi) is 6.47. The molecule has 0 fully saturated rings. The molecule has 1 amide bonds. The average Bonchev–Trinajstić information content (AvgIpc) is 3.42. The Morgan fingerprint density at radius 1 is 1.11 bits per heavy atom. The maximum Gasteiger partial charge on any atom is 0.338 e. The lowest BCUT2D eigenvalue weighted by Crippen LogP contribution is -2.35. The largest absolute Gasteiger partial charge is 0.452 e. The van der Waals surface area contributed by atoms with Gasteiger partial charge in [0, 0.05) is 6.04 Å². The van der Waals surface area contributed by atoms with Crippen LogP contribution in [0.3, 0.4) is 0 Å². The molecule has 1 aliphatic heterocycles. The van der Waals surface area contributed by atoms with E-state index in [0.29, 0.717) is 17.2 Å². The minimum absolute atomic E-state index is 0.0184. The van der Waals surface area contributed by atoms with Crippen LogP contribution in [0.1, 0.15) is 34.0 Å². The highest BCUT2D eigenvalue weighted by Crippen LogP contribution is 2.36. The molecule has 1 aliphatic rings. The van der Waals surface area contributed by atoms with Gasteiger partial charge in [0.25, 0.3) is 15.9 Å². The van der Waals surface area contributed by atoms with Gasteiger partial charge >= 0.3 is 5.97 Å². The number of anilines is 2. The smallest absolute Gasteiger partial charge is 0.338 e. The van der Waals surface area contributed by atoms with Crippen LogP contribution < -0.4 is 9.62 Å². The van der Waals surface area contributed by atoms with Crippen LogP contribution in [-0.2, 0) is 26.0 Å². The molecule has 0 bridgehead atoms. The number of nitrogens with one attached hydrogen (secondary N) is 1. The van der Waals surface area contributed by atoms with E-state index >= 15 is 0 Å². The zero-order chi connectivity index (χ0) is 26.3. The number of amides is 1. The molecule has 1 unspecified atom stereocenters. The molecule has 5 rings (SSSR count). The van der Waals surface area contributed by atoms with Gasteiger partial charge in [-0.3, -0.25) is 14.4 Å². The van der Waals surface area contributed by atoms with Gasteiger partial charge in [0.05, 0.1) is 26.4 Å². The molecule has 2 heterocycles. The van der Waals surface area contributed by atoms with E-state index in [0.717, 1.165) is 26.9 Å². The molecule has 1 atom stereocenters. The van der Waals surface area contributed by atoms with Crippen molar-refractivity contribution >= 4 is 54.3 Å². The maximum atomic E-state index is 13.5. The van der Waals surface area contributed by atoms with Crippen molar-refractivity contribution in [1.29, 1.82) is 0 Å². The van der Waals surface area contributed by atoms with E-state index in [2.05, 4.69) is 10.3 Å². The summed E-state index contributed by atoms with van der Waals surface area (Å²) >= 11 is 1.34. The van der Waals surface area contributed by atoms with Crippen LogP contribution in [0.25, 0.3) is 10.2 Å². The summed E-state index contributed by atoms with van der Waals surface area (Å²) in [6.45, 7) is 5.27. The average molecular weight is 536 g/mol. The summed E-state index contributed by atoms with van der Waals surface area (Å²) in [5.74, 6) is -1.33. The molecule has 3 aromatic carbocycles. The van der Waals surface area contributed by atoms with E-state index in [4.69, 9.17) is 4.74 Å². The van der Waals surface area contributed by atoms with E-state index in [9.17, 15) is 18.0 Å². The maximum absolute atomic E-state index is 13.5. The van der Waals surface area contributed by atoms with Crippen LogP contribution in [0.2, 0.25) is 0 Å². The number of benzene rings is 3. The lowest BCUT2D eigenvalue weighted by molar-refractivity contribution is -0.119. The highest BCUT2D eigenvalue weighted by atomic mass is 32.2. The van der Waals surface area contributed by atoms with Gasteiger partial charge in [-0.05, 0) is 74.2 Å². The van der Waals surface area contributed by atoms with Crippen molar-refractivity contribution in [1.82, 2.24) is 4.98 Å². The number of rotatable bonds is 6. The summed E-state index contributed by atoms with van der Waals surface area (Å²) in [6, 6.07) is 16.8. The zero-order valence-corrected chi connectivity index (χ0v) is 22.2. The van der Waals surface area contributed by atoms with Crippen LogP contribution in [0.5, 0.6) is 0 Å². The Balaban J connectivity index is 1.27. The van der Waals surface area contributed by atoms with E-state index in [1.165, 1.54) is 39.9 Å². The number of esters is 1. The van der Waals surface area contributed by atoms with E-state index < -0.39 is 28.5 Å². The Morgan fingerprint density at radius 3 is 2.70 bits per heavy atom. The molecule has 0 saturated heterocycles. The molecule has 1 N–H and O–H groups in total. The van der Waals surface area contributed by atoms with Crippen molar-refractivity contribution < 1.29 is 22.7 Å². The number of fused-ring (bicyclic) bond motifs is 2. The summed E-state index contributed by atoms with van der Waals surface area (Å²) in [4.78, 5) is 29.5. The highest BCUT2D eigenvalue weighted by molar-refractivity contribution is 7.92. The third-order valence-electron chi connectivity index (χ3n) is 6.18. The fourth-order valence-electron chi connectivity index (χ4n) is 4.59. The third-order valence-corrected chi connectivity index (χ3v) is 9.02. The second kappa shape index (κ2) is 9.60. The van der Waals surface area contributed by atoms with Crippen LogP contribution >= 0.6 is 11.3 Å². The number of para-hydroxylation sites is 1. The van der Waals surface area contributed by atoms with Gasteiger partial charge in [-0.2, -0.15) is 0 Å². The molecule has 0 saturated carbocycles. The molecule has 0 radical (unpaired) electrons. The molecule has 0 aliphatic carbocycles. The van der Waals surface area contributed by atoms with E-state index in [-0.39, 0.29) is 16.5 Å². The molecule has 4 aromatic rings. The van der Waals surface area contributed by atoms with Crippen molar-refractivity contribution in [2.45, 2.75) is 38.1 Å². The minimum atomic E-state index is -3.91. The Labute approximate surface area is 219 Å². The number of aromatic nitrogens is 1. The number of hydrogen-bond acceptors (Lipinski definition) is 7. The molecule has 37 heavy (non-hydrogen) atoms. The van der Waals surface area contributed by atoms with Gasteiger partial charge < -0.3 is 4.74 Å². The van der Waals surface area contributed by atoms with E-state index in [1.54, 1.807) is 12.1 Å². The Bertz CT molecular complexity index is 1650. The van der Waals surface area contributed by atoms with Crippen molar-refractivity contribution in [2.24, 2.45) is 0 Å². The fourth-order valence-corrected chi connectivity index (χ4v) is 7.39. The molecular weight excluding hydrogens is 510 g/mol. The zero-order valence-electron chi connectivity index (χ0n) is 20.5. The lowest BCUT2D eigenvalue weighted by Gasteiger charge is -2.24. The normalized spacial score (nSPS) is 15.0. The molecule has 8 nitrogen and oxygen atoms in total. The van der Waals surface area contributed by atoms with Gasteiger partial charge in [0.1, 0.15) is 0 Å². The number of ether oxygens (including phenoxy) is 1. The highest BCUT2D eigenvalue weighted by Gasteiger charge is 2.36. The molecule has 1 aromatic heterocycles. The number of aryl methyl sites for hydroxylation is 2. The standard InChI is InChI=1S/C27H25N3O5S2/c1-16-11-17(2)25-23(12-16)36-27(29-25)28-24(31)15-35-26(32)20-8-6-9-21(14-20)37(33,34)30-18(3)13-19-7-4-5-10-22(19)30/h4-12,14,18H,13,15H2,1-3H3,(H,28,29,31). The van der Waals surface area contributed by atoms with Gasteiger partial charge in [0.2, 0.25) is 0 Å². The summed E-state index contributed by atoms with van der Waals surface area (Å²) in [6.07, 6.45) is 0.611. The van der Waals surface area contributed by atoms with Gasteiger partial charge in [-0.1, -0.05) is 41.7 Å². The van der Waals surface area contributed by atoms with Crippen molar-refractivity contribution in [3.63, 3.8) is 0 Å². The first-order valence-electron chi connectivity index (χ1n) is 11.7. The Hall–Kier alpha value is -3.76. The topological polar surface area (TPSA) is 106 Å². The van der Waals surface area contributed by atoms with Crippen LogP contribution in [0.15, 0.2) is 65.6 Å². The van der Waals surface area contributed by atoms with Crippen LogP contribution in [-0.4, -0.2) is 37.9 Å². The van der Waals surface area contributed by atoms with Gasteiger partial charge in [-0.15, -0.1) is 0 Å². The first-order chi connectivity index (χ1) is 17.6. The molecule has 0 spiro atoms. The second-order valence-corrected chi connectivity index (χ2v) is 11.9. The van der Waals surface area contributed by atoms with Crippen LogP contribution in [0, 0.1) is 13.8 Å². The van der Waals surface area contributed by atoms with Crippen molar-refractivity contribution in [3.05, 3.63) is 82.9 Å². The molecular formula is C27H25N3O5S2. The first kappa shape index (κ1) is 24.9. The van der Waals surface area contributed by atoms with Crippen molar-refractivity contribution in [3.8, 4) is 0 Å². The summed E-state index contributed by atoms with van der Waals surface area (Å²) in [5.41, 5.74) is 4.57. The number of carbonyl (C=O) groups is 2. The Morgan fingerprint density at radius 2 is 1.89 bits per heavy atom.